The Morgan fingerprint density at radius 3 is 2.39 bits per heavy atom. The molecule has 7 heteroatoms. The molecular weight excluding hydrogens is 472 g/mol. The zero-order valence-electron chi connectivity index (χ0n) is 21.7. The molecule has 1 aliphatic rings. The molecule has 2 aromatic carbocycles. The molecule has 2 N–H and O–H groups in total. The number of nitrogens with zero attached hydrogens (tertiary/aromatic N) is 3. The second-order valence-electron chi connectivity index (χ2n) is 9.53. The third-order valence-electron chi connectivity index (χ3n) is 7.03. The Morgan fingerprint density at radius 1 is 0.944 bits per heavy atom. The summed E-state index contributed by atoms with van der Waals surface area (Å²) in [5.41, 5.74) is 8.02. The van der Waals surface area contributed by atoms with Crippen molar-refractivity contribution in [1.29, 1.82) is 0 Å². The first kappa shape index (κ1) is 27.8. The number of carboxylic acid groups (broad SMARTS) is 1. The summed E-state index contributed by atoms with van der Waals surface area (Å²) in [5.74, 6) is 0. The third kappa shape index (κ3) is 6.48. The molecule has 0 bridgehead atoms. The Bertz CT molecular complexity index is 1180. The summed E-state index contributed by atoms with van der Waals surface area (Å²) in [5, 5.41) is 13.2. The van der Waals surface area contributed by atoms with E-state index in [0.717, 1.165) is 81.7 Å². The van der Waals surface area contributed by atoms with E-state index >= 15 is 0 Å². The van der Waals surface area contributed by atoms with Gasteiger partial charge in [0.05, 0.1) is 5.52 Å². The second-order valence-corrected chi connectivity index (χ2v) is 9.53. The van der Waals surface area contributed by atoms with Crippen molar-refractivity contribution in [2.24, 2.45) is 0 Å². The van der Waals surface area contributed by atoms with Crippen LogP contribution in [0.2, 0.25) is 0 Å². The zero-order valence-corrected chi connectivity index (χ0v) is 22.5. The van der Waals surface area contributed by atoms with Crippen LogP contribution in [0.1, 0.15) is 49.1 Å². The van der Waals surface area contributed by atoms with Gasteiger partial charge in [0.25, 0.3) is 0 Å². The van der Waals surface area contributed by atoms with Crippen LogP contribution in [0.25, 0.3) is 10.9 Å². The number of aryl methyl sites for hydroxylation is 2. The van der Waals surface area contributed by atoms with E-state index in [1.807, 2.05) is 13.0 Å². The summed E-state index contributed by atoms with van der Waals surface area (Å²) in [6.45, 7) is 11.4. The number of amides is 1. The lowest BCUT2D eigenvalue weighted by Crippen LogP contribution is -2.47. The van der Waals surface area contributed by atoms with Crippen LogP contribution in [-0.4, -0.2) is 53.8 Å². The number of piperazine rings is 1. The number of aromatic nitrogens is 1. The normalized spacial score (nSPS) is 14.0. The van der Waals surface area contributed by atoms with Crippen molar-refractivity contribution < 1.29 is 9.90 Å². The summed E-state index contributed by atoms with van der Waals surface area (Å²) in [4.78, 5) is 21.1. The highest BCUT2D eigenvalue weighted by atomic mass is 35.5. The van der Waals surface area contributed by atoms with E-state index in [4.69, 9.17) is 4.98 Å². The van der Waals surface area contributed by atoms with E-state index in [9.17, 15) is 9.90 Å². The minimum absolute atomic E-state index is 0. The van der Waals surface area contributed by atoms with Crippen molar-refractivity contribution in [2.75, 3.05) is 42.9 Å². The van der Waals surface area contributed by atoms with Crippen molar-refractivity contribution in [1.82, 2.24) is 9.88 Å². The van der Waals surface area contributed by atoms with E-state index in [2.05, 4.69) is 65.4 Å². The Balaban J connectivity index is 0.00000361. The number of pyridine rings is 1. The Kier molecular flexibility index (Phi) is 9.97. The predicted molar refractivity (Wildman–Crippen MR) is 152 cm³/mol. The molecular formula is C29H39ClN4O2. The van der Waals surface area contributed by atoms with Crippen LogP contribution in [0.3, 0.4) is 0 Å². The molecule has 0 aliphatic carbocycles. The van der Waals surface area contributed by atoms with Gasteiger partial charge in [0.2, 0.25) is 0 Å². The van der Waals surface area contributed by atoms with Gasteiger partial charge in [-0.1, -0.05) is 38.8 Å². The smallest absolute Gasteiger partial charge is 0.409 e. The maximum absolute atomic E-state index is 11.4. The molecule has 36 heavy (non-hydrogen) atoms. The van der Waals surface area contributed by atoms with E-state index in [1.54, 1.807) is 0 Å². The van der Waals surface area contributed by atoms with Gasteiger partial charge in [-0.2, -0.15) is 0 Å². The Hall–Kier alpha value is -2.83. The molecule has 194 valence electrons. The van der Waals surface area contributed by atoms with E-state index < -0.39 is 6.09 Å². The van der Waals surface area contributed by atoms with E-state index in [0.29, 0.717) is 0 Å². The minimum atomic E-state index is -0.994. The molecule has 4 rings (SSSR count). The fraction of sp³-hybridized carbons (Fsp3) is 0.448. The summed E-state index contributed by atoms with van der Waals surface area (Å²) in [7, 11) is 0. The SMILES string of the molecule is CCCc1ccc(NC(=O)O)c(CCC)c1CCN1CCN(c2cccc3nc(C)ccc23)CC1.Cl. The maximum atomic E-state index is 11.4. The Morgan fingerprint density at radius 2 is 1.69 bits per heavy atom. The highest BCUT2D eigenvalue weighted by molar-refractivity contribution is 5.92. The van der Waals surface area contributed by atoms with Crippen LogP contribution in [0.15, 0.2) is 42.5 Å². The number of carbonyl (C=O) groups is 1. The van der Waals surface area contributed by atoms with Gasteiger partial charge in [0.15, 0.2) is 0 Å². The average molecular weight is 511 g/mol. The molecule has 0 unspecified atom stereocenters. The number of hydrogen-bond acceptors (Lipinski definition) is 4. The van der Waals surface area contributed by atoms with E-state index in [-0.39, 0.29) is 12.4 Å². The van der Waals surface area contributed by atoms with Gasteiger partial charge in [0, 0.05) is 55.2 Å². The van der Waals surface area contributed by atoms with E-state index in [1.165, 1.54) is 27.8 Å². The first-order valence-corrected chi connectivity index (χ1v) is 13.0. The Labute approximate surface area is 221 Å². The predicted octanol–water partition coefficient (Wildman–Crippen LogP) is 6.32. The van der Waals surface area contributed by atoms with Gasteiger partial charge < -0.3 is 10.0 Å². The lowest BCUT2D eigenvalue weighted by Gasteiger charge is -2.37. The lowest BCUT2D eigenvalue weighted by molar-refractivity contribution is 0.209. The molecule has 1 fully saturated rings. The molecule has 1 saturated heterocycles. The third-order valence-corrected chi connectivity index (χ3v) is 7.03. The number of rotatable bonds is 9. The standard InChI is InChI=1S/C29H38N4O2.ClH/c1-4-7-22-12-14-27(31-29(34)35)24(8-5-2)23(22)15-16-32-17-19-33(20-18-32)28-10-6-9-26-25(28)13-11-21(3)30-26;/h6,9-14,31H,4-5,7-8,15-20H2,1-3H3,(H,34,35);1H. The van der Waals surface area contributed by atoms with Gasteiger partial charge in [-0.25, -0.2) is 4.79 Å². The molecule has 0 radical (unpaired) electrons. The maximum Gasteiger partial charge on any atom is 0.409 e. The highest BCUT2D eigenvalue weighted by Crippen LogP contribution is 2.29. The molecule has 2 heterocycles. The number of anilines is 2. The van der Waals surface area contributed by atoms with Crippen LogP contribution in [0, 0.1) is 6.92 Å². The first-order chi connectivity index (χ1) is 17.0. The summed E-state index contributed by atoms with van der Waals surface area (Å²) < 4.78 is 0. The summed E-state index contributed by atoms with van der Waals surface area (Å²) >= 11 is 0. The molecule has 0 atom stereocenters. The topological polar surface area (TPSA) is 68.7 Å². The van der Waals surface area contributed by atoms with Crippen LogP contribution in [0.4, 0.5) is 16.2 Å². The fourth-order valence-corrected chi connectivity index (χ4v) is 5.32. The number of benzene rings is 2. The average Bonchev–Trinajstić information content (AvgIpc) is 2.85. The zero-order chi connectivity index (χ0) is 24.8. The van der Waals surface area contributed by atoms with Crippen LogP contribution >= 0.6 is 12.4 Å². The molecule has 1 aromatic heterocycles. The molecule has 1 amide bonds. The van der Waals surface area contributed by atoms with Crippen molar-refractivity contribution in [3.05, 3.63) is 64.8 Å². The monoisotopic (exact) mass is 510 g/mol. The lowest BCUT2D eigenvalue weighted by atomic mass is 9.91. The van der Waals surface area contributed by atoms with Crippen molar-refractivity contribution in [3.63, 3.8) is 0 Å². The number of halogens is 1. The summed E-state index contributed by atoms with van der Waals surface area (Å²) in [6.07, 6.45) is 3.97. The van der Waals surface area contributed by atoms with Crippen molar-refractivity contribution in [3.8, 4) is 0 Å². The minimum Gasteiger partial charge on any atom is -0.465 e. The molecule has 1 aliphatic heterocycles. The van der Waals surface area contributed by atoms with Gasteiger partial charge in [-0.3, -0.25) is 15.2 Å². The van der Waals surface area contributed by atoms with Gasteiger partial charge in [0.1, 0.15) is 0 Å². The quantitative estimate of drug-likeness (QED) is 0.352. The second kappa shape index (κ2) is 12.9. The van der Waals surface area contributed by atoms with Crippen molar-refractivity contribution >= 4 is 40.8 Å². The number of hydrogen-bond donors (Lipinski definition) is 2. The molecule has 6 nitrogen and oxygen atoms in total. The largest absolute Gasteiger partial charge is 0.465 e. The molecule has 0 saturated carbocycles. The van der Waals surface area contributed by atoms with Gasteiger partial charge >= 0.3 is 6.09 Å². The number of fused-ring (bicyclic) bond motifs is 1. The summed E-state index contributed by atoms with van der Waals surface area (Å²) in [6, 6.07) is 14.8. The van der Waals surface area contributed by atoms with Gasteiger partial charge in [-0.05, 0) is 73.2 Å². The van der Waals surface area contributed by atoms with Crippen LogP contribution in [0.5, 0.6) is 0 Å². The number of nitrogens with one attached hydrogen (secondary N) is 1. The first-order valence-electron chi connectivity index (χ1n) is 13.0. The fourth-order valence-electron chi connectivity index (χ4n) is 5.32. The highest BCUT2D eigenvalue weighted by Gasteiger charge is 2.20. The molecule has 3 aromatic rings. The van der Waals surface area contributed by atoms with Crippen molar-refractivity contribution in [2.45, 2.75) is 52.9 Å². The van der Waals surface area contributed by atoms with Crippen LogP contribution < -0.4 is 10.2 Å². The van der Waals surface area contributed by atoms with Gasteiger partial charge in [-0.15, -0.1) is 12.4 Å². The van der Waals surface area contributed by atoms with Crippen LogP contribution in [-0.2, 0) is 19.3 Å². The molecule has 0 spiro atoms.